The van der Waals surface area contributed by atoms with Crippen molar-refractivity contribution in [1.82, 2.24) is 0 Å². The molecule has 0 aliphatic rings. The molecule has 2 aromatic carbocycles. The van der Waals surface area contributed by atoms with Crippen LogP contribution in [0.4, 0.5) is 5.69 Å². The Kier molecular flexibility index (Phi) is 4.91. The maximum atomic E-state index is 12.2. The molecule has 1 N–H and O–H groups in total. The van der Waals surface area contributed by atoms with Gasteiger partial charge in [0.05, 0.1) is 5.69 Å². The first kappa shape index (κ1) is 15.0. The summed E-state index contributed by atoms with van der Waals surface area (Å²) in [6, 6.07) is 16.8. The Morgan fingerprint density at radius 3 is 2.52 bits per heavy atom. The SMILES string of the molecule is Cc1ccccc1/C=C(\C#N)C(=O)Nc1ccccc1Br. The van der Waals surface area contributed by atoms with E-state index in [0.717, 1.165) is 15.6 Å². The highest BCUT2D eigenvalue weighted by Gasteiger charge is 2.11. The fourth-order valence-electron chi connectivity index (χ4n) is 1.81. The maximum Gasteiger partial charge on any atom is 0.266 e. The summed E-state index contributed by atoms with van der Waals surface area (Å²) < 4.78 is 0.770. The molecule has 0 aliphatic heterocycles. The third kappa shape index (κ3) is 3.80. The summed E-state index contributed by atoms with van der Waals surface area (Å²) in [6.07, 6.45) is 1.60. The van der Waals surface area contributed by atoms with Crippen molar-refractivity contribution in [3.63, 3.8) is 0 Å². The Morgan fingerprint density at radius 1 is 1.19 bits per heavy atom. The standard InChI is InChI=1S/C17H13BrN2O/c1-12-6-2-3-7-13(12)10-14(11-19)17(21)20-16-9-5-4-8-15(16)18/h2-10H,1H3,(H,20,21)/b14-10+. The molecule has 0 aliphatic carbocycles. The molecule has 3 nitrogen and oxygen atoms in total. The normalized spacial score (nSPS) is 10.8. The average Bonchev–Trinajstić information content (AvgIpc) is 2.48. The summed E-state index contributed by atoms with van der Waals surface area (Å²) in [6.45, 7) is 1.94. The van der Waals surface area contributed by atoms with Gasteiger partial charge in [-0.05, 0) is 52.2 Å². The number of nitriles is 1. The van der Waals surface area contributed by atoms with Crippen LogP contribution in [-0.4, -0.2) is 5.91 Å². The molecule has 1 amide bonds. The van der Waals surface area contributed by atoms with Crippen molar-refractivity contribution in [2.24, 2.45) is 0 Å². The minimum absolute atomic E-state index is 0.0695. The number of anilines is 1. The lowest BCUT2D eigenvalue weighted by Gasteiger charge is -2.06. The van der Waals surface area contributed by atoms with Crippen molar-refractivity contribution in [3.8, 4) is 6.07 Å². The van der Waals surface area contributed by atoms with Crippen molar-refractivity contribution in [3.05, 3.63) is 69.7 Å². The van der Waals surface area contributed by atoms with E-state index in [-0.39, 0.29) is 5.57 Å². The van der Waals surface area contributed by atoms with E-state index >= 15 is 0 Å². The molecular formula is C17H13BrN2O. The van der Waals surface area contributed by atoms with Crippen molar-refractivity contribution in [1.29, 1.82) is 5.26 Å². The van der Waals surface area contributed by atoms with Crippen LogP contribution < -0.4 is 5.32 Å². The van der Waals surface area contributed by atoms with Gasteiger partial charge in [-0.1, -0.05) is 36.4 Å². The molecule has 0 fully saturated rings. The molecule has 104 valence electrons. The molecule has 0 aromatic heterocycles. The second-order valence-electron chi connectivity index (χ2n) is 4.46. The molecule has 4 heteroatoms. The smallest absolute Gasteiger partial charge is 0.266 e. The first-order chi connectivity index (χ1) is 10.1. The third-order valence-electron chi connectivity index (χ3n) is 2.98. The van der Waals surface area contributed by atoms with E-state index in [1.807, 2.05) is 55.5 Å². The van der Waals surface area contributed by atoms with Crippen LogP contribution in [0.5, 0.6) is 0 Å². The molecule has 0 unspecified atom stereocenters. The predicted octanol–water partition coefficient (Wildman–Crippen LogP) is 4.30. The number of carbonyl (C=O) groups excluding carboxylic acids is 1. The molecule has 0 saturated heterocycles. The number of hydrogen-bond donors (Lipinski definition) is 1. The van der Waals surface area contributed by atoms with Gasteiger partial charge in [-0.2, -0.15) is 5.26 Å². The van der Waals surface area contributed by atoms with E-state index in [9.17, 15) is 10.1 Å². The number of para-hydroxylation sites is 1. The lowest BCUT2D eigenvalue weighted by atomic mass is 10.1. The zero-order valence-corrected chi connectivity index (χ0v) is 13.0. The minimum atomic E-state index is -0.423. The molecule has 2 aromatic rings. The Hall–Kier alpha value is -2.38. The Morgan fingerprint density at radius 2 is 1.86 bits per heavy atom. The second-order valence-corrected chi connectivity index (χ2v) is 5.31. The zero-order chi connectivity index (χ0) is 15.2. The number of nitrogens with one attached hydrogen (secondary N) is 1. The number of halogens is 1. The molecule has 0 spiro atoms. The van der Waals surface area contributed by atoms with Crippen molar-refractivity contribution >= 4 is 33.6 Å². The zero-order valence-electron chi connectivity index (χ0n) is 11.4. The van der Waals surface area contributed by atoms with Crippen LogP contribution in [0.15, 0.2) is 58.6 Å². The summed E-state index contributed by atoms with van der Waals surface area (Å²) in [4.78, 5) is 12.2. The highest BCUT2D eigenvalue weighted by molar-refractivity contribution is 9.10. The number of hydrogen-bond acceptors (Lipinski definition) is 2. The van der Waals surface area contributed by atoms with Gasteiger partial charge in [0.2, 0.25) is 0 Å². The molecule has 0 bridgehead atoms. The fourth-order valence-corrected chi connectivity index (χ4v) is 2.19. The Labute approximate surface area is 132 Å². The lowest BCUT2D eigenvalue weighted by Crippen LogP contribution is -2.13. The van der Waals surface area contributed by atoms with E-state index in [1.165, 1.54) is 0 Å². The van der Waals surface area contributed by atoms with Gasteiger partial charge in [-0.15, -0.1) is 0 Å². The number of carbonyl (C=O) groups is 1. The summed E-state index contributed by atoms with van der Waals surface area (Å²) >= 11 is 3.36. The topological polar surface area (TPSA) is 52.9 Å². The third-order valence-corrected chi connectivity index (χ3v) is 3.67. The van der Waals surface area contributed by atoms with Crippen molar-refractivity contribution < 1.29 is 4.79 Å². The summed E-state index contributed by atoms with van der Waals surface area (Å²) in [7, 11) is 0. The van der Waals surface area contributed by atoms with Crippen LogP contribution >= 0.6 is 15.9 Å². The van der Waals surface area contributed by atoms with Gasteiger partial charge in [-0.3, -0.25) is 4.79 Å². The van der Waals surface area contributed by atoms with Crippen molar-refractivity contribution in [2.75, 3.05) is 5.32 Å². The maximum absolute atomic E-state index is 12.2. The van der Waals surface area contributed by atoms with Crippen LogP contribution in [0.25, 0.3) is 6.08 Å². The lowest BCUT2D eigenvalue weighted by molar-refractivity contribution is -0.112. The van der Waals surface area contributed by atoms with Crippen molar-refractivity contribution in [2.45, 2.75) is 6.92 Å². The van der Waals surface area contributed by atoms with Crippen LogP contribution in [0, 0.1) is 18.3 Å². The molecule has 21 heavy (non-hydrogen) atoms. The van der Waals surface area contributed by atoms with Crippen LogP contribution in [0.3, 0.4) is 0 Å². The van der Waals surface area contributed by atoms with Gasteiger partial charge in [0, 0.05) is 4.47 Å². The molecular weight excluding hydrogens is 328 g/mol. The quantitative estimate of drug-likeness (QED) is 0.668. The molecule has 0 saturated carbocycles. The minimum Gasteiger partial charge on any atom is -0.320 e. The highest BCUT2D eigenvalue weighted by Crippen LogP contribution is 2.22. The number of amides is 1. The average molecular weight is 341 g/mol. The Bertz CT molecular complexity index is 744. The molecule has 0 radical (unpaired) electrons. The summed E-state index contributed by atoms with van der Waals surface area (Å²) in [5.74, 6) is -0.423. The first-order valence-electron chi connectivity index (χ1n) is 6.35. The summed E-state index contributed by atoms with van der Waals surface area (Å²) in [5.41, 5.74) is 2.57. The van der Waals surface area contributed by atoms with E-state index in [2.05, 4.69) is 21.2 Å². The van der Waals surface area contributed by atoms with E-state index in [1.54, 1.807) is 12.1 Å². The molecule has 2 rings (SSSR count). The molecule has 0 atom stereocenters. The summed E-state index contributed by atoms with van der Waals surface area (Å²) in [5, 5.41) is 11.9. The highest BCUT2D eigenvalue weighted by atomic mass is 79.9. The Balaban J connectivity index is 2.26. The predicted molar refractivity (Wildman–Crippen MR) is 87.5 cm³/mol. The monoisotopic (exact) mass is 340 g/mol. The van der Waals surface area contributed by atoms with Gasteiger partial charge >= 0.3 is 0 Å². The van der Waals surface area contributed by atoms with Gasteiger partial charge < -0.3 is 5.32 Å². The van der Waals surface area contributed by atoms with Gasteiger partial charge in [0.15, 0.2) is 0 Å². The van der Waals surface area contributed by atoms with Gasteiger partial charge in [-0.25, -0.2) is 0 Å². The first-order valence-corrected chi connectivity index (χ1v) is 7.14. The molecule has 0 heterocycles. The van der Waals surface area contributed by atoms with Gasteiger partial charge in [0.1, 0.15) is 11.6 Å². The van der Waals surface area contributed by atoms with Crippen LogP contribution in [-0.2, 0) is 4.79 Å². The van der Waals surface area contributed by atoms with Crippen LogP contribution in [0.1, 0.15) is 11.1 Å². The van der Waals surface area contributed by atoms with E-state index in [4.69, 9.17) is 0 Å². The van der Waals surface area contributed by atoms with E-state index < -0.39 is 5.91 Å². The number of aryl methyl sites for hydroxylation is 1. The number of nitrogens with zero attached hydrogens (tertiary/aromatic N) is 1. The number of rotatable bonds is 3. The van der Waals surface area contributed by atoms with E-state index in [0.29, 0.717) is 5.69 Å². The van der Waals surface area contributed by atoms with Crippen LogP contribution in [0.2, 0.25) is 0 Å². The largest absolute Gasteiger partial charge is 0.320 e. The number of benzene rings is 2. The second kappa shape index (κ2) is 6.87. The van der Waals surface area contributed by atoms with Gasteiger partial charge in [0.25, 0.3) is 5.91 Å². The fraction of sp³-hybridized carbons (Fsp3) is 0.0588.